The van der Waals surface area contributed by atoms with Crippen LogP contribution in [0.1, 0.15) is 29.4 Å². The number of hydrogen-bond donors (Lipinski definition) is 2. The van der Waals surface area contributed by atoms with Gasteiger partial charge >= 0.3 is 18.2 Å². The molecule has 8 nitrogen and oxygen atoms in total. The van der Waals surface area contributed by atoms with Crippen LogP contribution in [0.4, 0.5) is 23.7 Å². The van der Waals surface area contributed by atoms with E-state index in [1.807, 2.05) is 0 Å². The molecule has 1 aliphatic rings. The van der Waals surface area contributed by atoms with Gasteiger partial charge in [-0.2, -0.15) is 18.3 Å². The second-order valence-corrected chi connectivity index (χ2v) is 6.65. The van der Waals surface area contributed by atoms with Gasteiger partial charge in [-0.15, -0.1) is 0 Å². The number of carbonyl (C=O) groups excluding carboxylic acids is 2. The summed E-state index contributed by atoms with van der Waals surface area (Å²) in [6.45, 7) is 3.11. The Morgan fingerprint density at radius 2 is 2.17 bits per heavy atom. The van der Waals surface area contributed by atoms with Crippen LogP contribution in [0.3, 0.4) is 0 Å². The lowest BCUT2D eigenvalue weighted by molar-refractivity contribution is -0.143. The van der Waals surface area contributed by atoms with Crippen LogP contribution < -0.4 is 10.6 Å². The number of hydrogen-bond acceptors (Lipinski definition) is 5. The van der Waals surface area contributed by atoms with E-state index >= 15 is 0 Å². The molecule has 1 aromatic carbocycles. The number of urea groups is 1. The number of nitrogens with one attached hydrogen (secondary N) is 2. The highest BCUT2D eigenvalue weighted by Crippen LogP contribution is 2.34. The van der Waals surface area contributed by atoms with Gasteiger partial charge in [0.2, 0.25) is 0 Å². The van der Waals surface area contributed by atoms with Gasteiger partial charge in [0.05, 0.1) is 25.1 Å². The number of esters is 1. The molecule has 0 spiro atoms. The molecule has 0 radical (unpaired) electrons. The Morgan fingerprint density at radius 1 is 1.37 bits per heavy atom. The first-order chi connectivity index (χ1) is 14.3. The maximum atomic E-state index is 13.6. The minimum Gasteiger partial charge on any atom is -0.462 e. The molecule has 2 heterocycles. The predicted octanol–water partition coefficient (Wildman–Crippen LogP) is 3.23. The normalized spacial score (nSPS) is 16.3. The van der Waals surface area contributed by atoms with Gasteiger partial charge in [0, 0.05) is 24.8 Å². The van der Waals surface area contributed by atoms with Gasteiger partial charge in [0.1, 0.15) is 5.56 Å². The van der Waals surface area contributed by atoms with E-state index in [9.17, 15) is 22.8 Å². The van der Waals surface area contributed by atoms with Crippen molar-refractivity contribution >= 4 is 17.7 Å². The van der Waals surface area contributed by atoms with Crippen molar-refractivity contribution in [2.45, 2.75) is 19.5 Å². The summed E-state index contributed by atoms with van der Waals surface area (Å²) >= 11 is 0. The molecule has 2 aromatic rings. The summed E-state index contributed by atoms with van der Waals surface area (Å²) in [5.41, 5.74) is -1.63. The minimum atomic E-state index is -4.84. The van der Waals surface area contributed by atoms with Crippen molar-refractivity contribution in [1.82, 2.24) is 15.1 Å². The van der Waals surface area contributed by atoms with Crippen molar-refractivity contribution in [3.63, 3.8) is 0 Å². The Bertz CT molecular complexity index is 907. The monoisotopic (exact) mass is 426 g/mol. The van der Waals surface area contributed by atoms with Gasteiger partial charge < -0.3 is 20.1 Å². The van der Waals surface area contributed by atoms with Crippen LogP contribution in [0.5, 0.6) is 0 Å². The van der Waals surface area contributed by atoms with Gasteiger partial charge in [0.15, 0.2) is 5.69 Å². The van der Waals surface area contributed by atoms with E-state index < -0.39 is 29.4 Å². The lowest BCUT2D eigenvalue weighted by atomic mass is 10.1. The summed E-state index contributed by atoms with van der Waals surface area (Å²) in [4.78, 5) is 24.0. The average Bonchev–Trinajstić information content (AvgIpc) is 3.36. The molecule has 3 rings (SSSR count). The van der Waals surface area contributed by atoms with Crippen LogP contribution in [0.2, 0.25) is 0 Å². The summed E-state index contributed by atoms with van der Waals surface area (Å²) in [6.07, 6.45) is -3.17. The largest absolute Gasteiger partial charge is 0.462 e. The maximum Gasteiger partial charge on any atom is 0.434 e. The first-order valence-electron chi connectivity index (χ1n) is 9.35. The third-order valence-corrected chi connectivity index (χ3v) is 4.46. The summed E-state index contributed by atoms with van der Waals surface area (Å²) in [5, 5.41) is 9.01. The molecule has 1 unspecified atom stereocenters. The third kappa shape index (κ3) is 5.09. The molecule has 2 N–H and O–H groups in total. The second kappa shape index (κ2) is 9.16. The highest BCUT2D eigenvalue weighted by atomic mass is 19.4. The van der Waals surface area contributed by atoms with E-state index in [0.717, 1.165) is 12.6 Å². The van der Waals surface area contributed by atoms with Crippen LogP contribution >= 0.6 is 0 Å². The number of nitrogens with zero attached hydrogens (tertiary/aromatic N) is 2. The fraction of sp³-hybridized carbons (Fsp3) is 0.421. The number of carbonyl (C=O) groups is 2. The number of alkyl halides is 3. The first kappa shape index (κ1) is 21.6. The van der Waals surface area contributed by atoms with Crippen molar-refractivity contribution < 1.29 is 32.2 Å². The number of rotatable bonds is 6. The Kier molecular flexibility index (Phi) is 6.60. The standard InChI is InChI=1S/C19H21F3N4O4/c1-2-30-17(27)15-10-24-26(16(15)19(20,21)22)14-5-3-4-13(8-14)25-18(28)23-9-12-6-7-29-11-12/h3-5,8,10,12H,2,6-7,9,11H2,1H3,(H2,23,25,28). The van der Waals surface area contributed by atoms with Crippen LogP contribution in [-0.4, -0.2) is 48.1 Å². The second-order valence-electron chi connectivity index (χ2n) is 6.65. The van der Waals surface area contributed by atoms with Crippen molar-refractivity contribution in [3.05, 3.63) is 41.7 Å². The molecule has 162 valence electrons. The number of anilines is 1. The minimum absolute atomic E-state index is 0.0277. The third-order valence-electron chi connectivity index (χ3n) is 4.46. The number of halogens is 3. The summed E-state index contributed by atoms with van der Waals surface area (Å²) < 4.78 is 51.4. The van der Waals surface area contributed by atoms with E-state index in [4.69, 9.17) is 9.47 Å². The molecule has 0 bridgehead atoms. The molecule has 30 heavy (non-hydrogen) atoms. The molecule has 1 aliphatic heterocycles. The van der Waals surface area contributed by atoms with E-state index in [1.54, 1.807) is 0 Å². The van der Waals surface area contributed by atoms with Crippen LogP contribution in [-0.2, 0) is 15.7 Å². The molecular weight excluding hydrogens is 405 g/mol. The molecule has 1 aromatic heterocycles. The van der Waals surface area contributed by atoms with Crippen molar-refractivity contribution in [2.75, 3.05) is 31.7 Å². The molecule has 1 fully saturated rings. The Morgan fingerprint density at radius 3 is 2.83 bits per heavy atom. The van der Waals surface area contributed by atoms with Gasteiger partial charge in [0.25, 0.3) is 0 Å². The predicted molar refractivity (Wildman–Crippen MR) is 100 cm³/mol. The molecular formula is C19H21F3N4O4. The fourth-order valence-corrected chi connectivity index (χ4v) is 3.05. The number of ether oxygens (including phenoxy) is 2. The SMILES string of the molecule is CCOC(=O)c1cnn(-c2cccc(NC(=O)NCC3CCOC3)c2)c1C(F)(F)F. The highest BCUT2D eigenvalue weighted by Gasteiger charge is 2.41. The zero-order valence-corrected chi connectivity index (χ0v) is 16.2. The van der Waals surface area contributed by atoms with Crippen molar-refractivity contribution in [3.8, 4) is 5.69 Å². The summed E-state index contributed by atoms with van der Waals surface area (Å²) in [6, 6.07) is 5.24. The molecule has 2 amide bonds. The van der Waals surface area contributed by atoms with E-state index in [2.05, 4.69) is 15.7 Å². The van der Waals surface area contributed by atoms with Crippen LogP contribution in [0.15, 0.2) is 30.5 Å². The molecule has 0 aliphatic carbocycles. The highest BCUT2D eigenvalue weighted by molar-refractivity contribution is 5.91. The number of benzene rings is 1. The molecule has 1 saturated heterocycles. The van der Waals surface area contributed by atoms with Gasteiger partial charge in [-0.3, -0.25) is 0 Å². The Balaban J connectivity index is 1.79. The zero-order chi connectivity index (χ0) is 21.7. The zero-order valence-electron chi connectivity index (χ0n) is 16.2. The molecule has 11 heteroatoms. The molecule has 1 atom stereocenters. The smallest absolute Gasteiger partial charge is 0.434 e. The van der Waals surface area contributed by atoms with Crippen molar-refractivity contribution in [2.24, 2.45) is 5.92 Å². The van der Waals surface area contributed by atoms with E-state index in [1.165, 1.54) is 31.2 Å². The van der Waals surface area contributed by atoms with Crippen LogP contribution in [0.25, 0.3) is 5.69 Å². The number of amides is 2. The summed E-state index contributed by atoms with van der Waals surface area (Å²) in [5.74, 6) is -0.873. The lowest BCUT2D eigenvalue weighted by Gasteiger charge is -2.14. The number of aromatic nitrogens is 2. The Hall–Kier alpha value is -3.08. The van der Waals surface area contributed by atoms with Crippen LogP contribution in [0, 0.1) is 5.92 Å². The van der Waals surface area contributed by atoms with Gasteiger partial charge in [-0.25, -0.2) is 14.3 Å². The fourth-order valence-electron chi connectivity index (χ4n) is 3.05. The Labute approximate surface area is 170 Å². The quantitative estimate of drug-likeness (QED) is 0.692. The topological polar surface area (TPSA) is 94.5 Å². The lowest BCUT2D eigenvalue weighted by Crippen LogP contribution is -2.33. The van der Waals surface area contributed by atoms with Crippen molar-refractivity contribution in [1.29, 1.82) is 0 Å². The van der Waals surface area contributed by atoms with Gasteiger partial charge in [-0.1, -0.05) is 6.07 Å². The average molecular weight is 426 g/mol. The molecule has 0 saturated carbocycles. The van der Waals surface area contributed by atoms with E-state index in [0.29, 0.717) is 24.4 Å². The van der Waals surface area contributed by atoms with Gasteiger partial charge in [-0.05, 0) is 31.5 Å². The first-order valence-corrected chi connectivity index (χ1v) is 9.35. The maximum absolute atomic E-state index is 13.6. The summed E-state index contributed by atoms with van der Waals surface area (Å²) in [7, 11) is 0. The van der Waals surface area contributed by atoms with E-state index in [-0.39, 0.29) is 23.9 Å².